The third kappa shape index (κ3) is 6.07. The van der Waals surface area contributed by atoms with Crippen LogP contribution in [0.4, 0.5) is 5.88 Å². The summed E-state index contributed by atoms with van der Waals surface area (Å²) in [6.07, 6.45) is 10.7. The maximum absolute atomic E-state index is 13.0. The minimum Gasteiger partial charge on any atom is -0.381 e. The van der Waals surface area contributed by atoms with Gasteiger partial charge < -0.3 is 18.7 Å². The molecule has 1 N–H and O–H groups in total. The van der Waals surface area contributed by atoms with E-state index < -0.39 is 4.75 Å². The second kappa shape index (κ2) is 10.9. The van der Waals surface area contributed by atoms with Crippen LogP contribution < -0.4 is 5.32 Å². The van der Waals surface area contributed by atoms with Gasteiger partial charge in [-0.1, -0.05) is 24.4 Å². The lowest BCUT2D eigenvalue weighted by Gasteiger charge is -2.36. The first kappa shape index (κ1) is 24.0. The first-order valence-corrected chi connectivity index (χ1v) is 13.1. The van der Waals surface area contributed by atoms with Crippen molar-refractivity contribution in [2.45, 2.75) is 99.8 Å². The van der Waals surface area contributed by atoms with E-state index in [1.807, 2.05) is 19.9 Å². The van der Waals surface area contributed by atoms with Gasteiger partial charge in [0, 0.05) is 36.6 Å². The van der Waals surface area contributed by atoms with Gasteiger partial charge in [-0.3, -0.25) is 10.1 Å². The number of nitrogens with one attached hydrogen (secondary N) is 1. The quantitative estimate of drug-likeness (QED) is 0.574. The first-order valence-electron chi connectivity index (χ1n) is 12.2. The predicted octanol–water partition coefficient (Wildman–Crippen LogP) is 5.05. The number of hydrogen-bond donors (Lipinski definition) is 1. The maximum Gasteiger partial charge on any atom is 0.242 e. The van der Waals surface area contributed by atoms with Crippen molar-refractivity contribution in [2.24, 2.45) is 0 Å². The Labute approximate surface area is 195 Å². The summed E-state index contributed by atoms with van der Waals surface area (Å²) in [5, 5.41) is 7.80. The fourth-order valence-electron chi connectivity index (χ4n) is 4.91. The van der Waals surface area contributed by atoms with Crippen molar-refractivity contribution in [2.75, 3.05) is 31.7 Å². The summed E-state index contributed by atoms with van der Waals surface area (Å²) >= 11 is 1.72. The number of amides is 1. The van der Waals surface area contributed by atoms with E-state index in [-0.39, 0.29) is 17.6 Å². The number of ether oxygens (including phenoxy) is 3. The monoisotopic (exact) mass is 466 g/mol. The van der Waals surface area contributed by atoms with Crippen LogP contribution in [0.5, 0.6) is 0 Å². The molecule has 32 heavy (non-hydrogen) atoms. The molecule has 1 saturated carbocycles. The summed E-state index contributed by atoms with van der Waals surface area (Å²) in [6.45, 7) is 6.86. The molecule has 0 bridgehead atoms. The largest absolute Gasteiger partial charge is 0.381 e. The molecule has 3 heterocycles. The van der Waals surface area contributed by atoms with Crippen LogP contribution in [0.2, 0.25) is 0 Å². The highest BCUT2D eigenvalue weighted by Crippen LogP contribution is 2.41. The maximum atomic E-state index is 13.0. The lowest BCUT2D eigenvalue weighted by atomic mass is 9.72. The molecule has 1 amide bonds. The number of nitrogens with zero attached hydrogens (tertiary/aromatic N) is 1. The zero-order valence-electron chi connectivity index (χ0n) is 19.5. The highest BCUT2D eigenvalue weighted by atomic mass is 32.2. The van der Waals surface area contributed by atoms with Crippen molar-refractivity contribution < 1.29 is 23.5 Å². The van der Waals surface area contributed by atoms with E-state index in [1.54, 1.807) is 11.8 Å². The summed E-state index contributed by atoms with van der Waals surface area (Å²) in [7, 11) is 0. The molecule has 2 aliphatic heterocycles. The molecular weight excluding hydrogens is 428 g/mol. The normalized spacial score (nSPS) is 24.9. The minimum absolute atomic E-state index is 0.0544. The Hall–Kier alpha value is -1.09. The molecule has 1 atom stereocenters. The molecule has 4 rings (SSSR count). The van der Waals surface area contributed by atoms with Gasteiger partial charge in [0.2, 0.25) is 11.8 Å². The van der Waals surface area contributed by atoms with Gasteiger partial charge >= 0.3 is 0 Å². The molecule has 8 heteroatoms. The van der Waals surface area contributed by atoms with Crippen molar-refractivity contribution in [3.8, 4) is 0 Å². The predicted molar refractivity (Wildman–Crippen MR) is 125 cm³/mol. The summed E-state index contributed by atoms with van der Waals surface area (Å²) in [6, 6.07) is 1.91. The van der Waals surface area contributed by atoms with Crippen molar-refractivity contribution in [1.82, 2.24) is 5.16 Å². The molecule has 0 spiro atoms. The molecule has 180 valence electrons. The van der Waals surface area contributed by atoms with Gasteiger partial charge in [-0.15, -0.1) is 11.8 Å². The number of thioether (sulfide) groups is 1. The molecule has 0 radical (unpaired) electrons. The van der Waals surface area contributed by atoms with Gasteiger partial charge in [-0.2, -0.15) is 0 Å². The molecule has 1 aromatic rings. The third-order valence-electron chi connectivity index (χ3n) is 6.96. The Balaban J connectivity index is 1.39. The Morgan fingerprint density at radius 2 is 1.94 bits per heavy atom. The minimum atomic E-state index is -0.557. The lowest BCUT2D eigenvalue weighted by Crippen LogP contribution is -2.38. The van der Waals surface area contributed by atoms with Gasteiger partial charge in [-0.05, 0) is 58.8 Å². The van der Waals surface area contributed by atoms with Crippen LogP contribution in [0, 0.1) is 0 Å². The summed E-state index contributed by atoms with van der Waals surface area (Å²) in [4.78, 5) is 13.0. The van der Waals surface area contributed by atoms with E-state index in [0.29, 0.717) is 17.7 Å². The molecule has 0 aromatic carbocycles. The van der Waals surface area contributed by atoms with E-state index >= 15 is 0 Å². The van der Waals surface area contributed by atoms with Crippen molar-refractivity contribution in [3.05, 3.63) is 11.8 Å². The van der Waals surface area contributed by atoms with Crippen LogP contribution in [-0.4, -0.2) is 53.8 Å². The van der Waals surface area contributed by atoms with Crippen molar-refractivity contribution in [3.63, 3.8) is 0 Å². The molecule has 3 aliphatic rings. The molecule has 3 fully saturated rings. The van der Waals surface area contributed by atoms with Crippen LogP contribution in [-0.2, 0) is 24.4 Å². The molecule has 1 aliphatic carbocycles. The Bertz CT molecular complexity index is 735. The zero-order chi connectivity index (χ0) is 22.4. The van der Waals surface area contributed by atoms with E-state index in [0.717, 1.165) is 83.3 Å². The Kier molecular flexibility index (Phi) is 8.18. The summed E-state index contributed by atoms with van der Waals surface area (Å²) in [5.41, 5.74) is 0.718. The average molecular weight is 467 g/mol. The standard InChI is InChI=1S/C24H38N2O5S/c1-23(2,32-18-9-14-28-15-10-18)22(27)25-20-16-19(26-31-20)24(11-5-3-6-12-24)17-30-21-8-4-7-13-29-21/h16,18,21H,3-15,17H2,1-2H3,(H,25,27). The zero-order valence-corrected chi connectivity index (χ0v) is 20.3. The van der Waals surface area contributed by atoms with E-state index in [9.17, 15) is 4.79 Å². The second-order valence-electron chi connectivity index (χ2n) is 9.92. The molecular formula is C24H38N2O5S. The van der Waals surface area contributed by atoms with Crippen LogP contribution in [0.1, 0.15) is 83.7 Å². The number of rotatable bonds is 8. The molecule has 7 nitrogen and oxygen atoms in total. The highest BCUT2D eigenvalue weighted by molar-refractivity contribution is 8.02. The van der Waals surface area contributed by atoms with Gasteiger partial charge in [0.05, 0.1) is 17.0 Å². The highest BCUT2D eigenvalue weighted by Gasteiger charge is 2.39. The van der Waals surface area contributed by atoms with E-state index in [1.165, 1.54) is 6.42 Å². The van der Waals surface area contributed by atoms with Gasteiger partial charge in [-0.25, -0.2) is 0 Å². The molecule has 2 saturated heterocycles. The van der Waals surface area contributed by atoms with Gasteiger partial charge in [0.15, 0.2) is 6.29 Å². The number of carbonyl (C=O) groups excluding carboxylic acids is 1. The van der Waals surface area contributed by atoms with Crippen LogP contribution in [0.15, 0.2) is 10.6 Å². The number of aromatic nitrogens is 1. The number of carbonyl (C=O) groups is 1. The van der Waals surface area contributed by atoms with Crippen LogP contribution in [0.25, 0.3) is 0 Å². The summed E-state index contributed by atoms with van der Waals surface area (Å²) < 4.78 is 22.5. The fraction of sp³-hybridized carbons (Fsp3) is 0.833. The van der Waals surface area contributed by atoms with Gasteiger partial charge in [0.25, 0.3) is 0 Å². The first-order chi connectivity index (χ1) is 15.5. The summed E-state index contributed by atoms with van der Waals surface area (Å²) in [5.74, 6) is 0.366. The van der Waals surface area contributed by atoms with E-state index in [4.69, 9.17) is 18.7 Å². The molecule has 1 unspecified atom stereocenters. The smallest absolute Gasteiger partial charge is 0.242 e. The third-order valence-corrected chi connectivity index (χ3v) is 8.54. The van der Waals surface area contributed by atoms with E-state index in [2.05, 4.69) is 10.5 Å². The van der Waals surface area contributed by atoms with Crippen LogP contribution >= 0.6 is 11.8 Å². The van der Waals surface area contributed by atoms with Crippen LogP contribution in [0.3, 0.4) is 0 Å². The Morgan fingerprint density at radius 1 is 1.16 bits per heavy atom. The number of anilines is 1. The second-order valence-corrected chi connectivity index (χ2v) is 11.8. The Morgan fingerprint density at radius 3 is 2.66 bits per heavy atom. The number of hydrogen-bond acceptors (Lipinski definition) is 7. The topological polar surface area (TPSA) is 82.8 Å². The molecule has 1 aromatic heterocycles. The SMILES string of the molecule is CC(C)(SC1CCOCC1)C(=O)Nc1cc(C2(COC3CCCCO3)CCCCC2)no1. The fourth-order valence-corrected chi connectivity index (χ4v) is 6.33. The lowest BCUT2D eigenvalue weighted by molar-refractivity contribution is -0.174. The average Bonchev–Trinajstić information content (AvgIpc) is 3.29. The van der Waals surface area contributed by atoms with Crippen molar-refractivity contribution >= 4 is 23.6 Å². The van der Waals surface area contributed by atoms with Gasteiger partial charge in [0.1, 0.15) is 0 Å². The van der Waals surface area contributed by atoms with Crippen molar-refractivity contribution in [1.29, 1.82) is 0 Å².